The van der Waals surface area contributed by atoms with Crippen molar-refractivity contribution in [1.29, 1.82) is 5.26 Å². The molecule has 0 saturated carbocycles. The van der Waals surface area contributed by atoms with Gasteiger partial charge in [0.2, 0.25) is 0 Å². The normalized spacial score (nSPS) is 10.1. The van der Waals surface area contributed by atoms with E-state index in [1.54, 1.807) is 19.0 Å². The molecule has 0 saturated heterocycles. The molecule has 0 radical (unpaired) electrons. The van der Waals surface area contributed by atoms with Crippen LogP contribution in [0.1, 0.15) is 5.56 Å². The van der Waals surface area contributed by atoms with E-state index in [2.05, 4.69) is 4.99 Å². The average Bonchev–Trinajstić information content (AvgIpc) is 2.42. The quantitative estimate of drug-likeness (QED) is 0.621. The second-order valence-electron chi connectivity index (χ2n) is 4.02. The minimum Gasteiger partial charge on any atom is -0.493 e. The first-order valence-corrected chi connectivity index (χ1v) is 5.65. The van der Waals surface area contributed by atoms with Crippen LogP contribution in [-0.4, -0.2) is 50.1 Å². The van der Waals surface area contributed by atoms with Crippen molar-refractivity contribution in [3.63, 3.8) is 0 Å². The van der Waals surface area contributed by atoms with Crippen LogP contribution in [0.3, 0.4) is 0 Å². The number of carbonyl (C=O) groups is 1. The first-order chi connectivity index (χ1) is 9.47. The molecule has 0 bridgehead atoms. The highest BCUT2D eigenvalue weighted by Crippen LogP contribution is 2.34. The summed E-state index contributed by atoms with van der Waals surface area (Å²) < 4.78 is 10.2. The molecule has 1 aromatic rings. The number of aliphatic imine (C=N–C) groups is 1. The second-order valence-corrected chi connectivity index (χ2v) is 4.02. The van der Waals surface area contributed by atoms with Crippen LogP contribution < -0.4 is 9.47 Å². The Kier molecular flexibility index (Phi) is 5.35. The highest BCUT2D eigenvalue weighted by Gasteiger charge is 2.12. The van der Waals surface area contributed by atoms with Gasteiger partial charge in [-0.1, -0.05) is 0 Å². The van der Waals surface area contributed by atoms with Crippen molar-refractivity contribution < 1.29 is 19.4 Å². The van der Waals surface area contributed by atoms with Gasteiger partial charge in [-0.2, -0.15) is 5.26 Å². The Morgan fingerprint density at radius 3 is 2.70 bits per heavy atom. The second kappa shape index (κ2) is 6.99. The van der Waals surface area contributed by atoms with Gasteiger partial charge >= 0.3 is 5.97 Å². The van der Waals surface area contributed by atoms with Crippen LogP contribution in [0.5, 0.6) is 11.5 Å². The molecule has 0 aliphatic rings. The van der Waals surface area contributed by atoms with Gasteiger partial charge in [0.05, 0.1) is 24.7 Å². The van der Waals surface area contributed by atoms with Crippen molar-refractivity contribution >= 4 is 18.0 Å². The van der Waals surface area contributed by atoms with Crippen LogP contribution in [0.15, 0.2) is 17.1 Å². The number of hydrogen-bond donors (Lipinski definition) is 1. The third kappa shape index (κ3) is 4.17. The highest BCUT2D eigenvalue weighted by molar-refractivity contribution is 5.70. The molecular weight excluding hydrogens is 262 g/mol. The molecule has 106 valence electrons. The number of ether oxygens (including phenoxy) is 2. The Morgan fingerprint density at radius 2 is 2.20 bits per heavy atom. The van der Waals surface area contributed by atoms with E-state index < -0.39 is 12.6 Å². The predicted molar refractivity (Wildman–Crippen MR) is 72.7 cm³/mol. The molecule has 7 heteroatoms. The third-order valence-corrected chi connectivity index (χ3v) is 2.18. The van der Waals surface area contributed by atoms with Crippen molar-refractivity contribution in [3.05, 3.63) is 17.7 Å². The molecule has 20 heavy (non-hydrogen) atoms. The lowest BCUT2D eigenvalue weighted by molar-refractivity contribution is -0.139. The van der Waals surface area contributed by atoms with E-state index in [4.69, 9.17) is 19.8 Å². The SMILES string of the molecule is COc1cc(C#N)c(/N=C/N(C)C)cc1OCC(=O)O. The van der Waals surface area contributed by atoms with Crippen LogP contribution in [0.2, 0.25) is 0 Å². The average molecular weight is 277 g/mol. The van der Waals surface area contributed by atoms with E-state index in [1.165, 1.54) is 25.6 Å². The van der Waals surface area contributed by atoms with Gasteiger partial charge in [-0.05, 0) is 0 Å². The number of benzene rings is 1. The van der Waals surface area contributed by atoms with Gasteiger partial charge < -0.3 is 19.5 Å². The molecule has 0 unspecified atom stereocenters. The monoisotopic (exact) mass is 277 g/mol. The molecule has 1 N–H and O–H groups in total. The Balaban J connectivity index is 3.19. The molecular formula is C13H15N3O4. The zero-order chi connectivity index (χ0) is 15.1. The van der Waals surface area contributed by atoms with E-state index in [0.29, 0.717) is 11.3 Å². The summed E-state index contributed by atoms with van der Waals surface area (Å²) in [5, 5.41) is 17.7. The van der Waals surface area contributed by atoms with Crippen molar-refractivity contribution in [2.45, 2.75) is 0 Å². The van der Waals surface area contributed by atoms with E-state index >= 15 is 0 Å². The van der Waals surface area contributed by atoms with Gasteiger partial charge in [0.25, 0.3) is 0 Å². The van der Waals surface area contributed by atoms with Gasteiger partial charge in [0.15, 0.2) is 18.1 Å². The summed E-state index contributed by atoms with van der Waals surface area (Å²) in [5.41, 5.74) is 0.685. The lowest BCUT2D eigenvalue weighted by atomic mass is 10.1. The maximum absolute atomic E-state index is 10.5. The Labute approximate surface area is 116 Å². The number of hydrogen-bond acceptors (Lipinski definition) is 5. The van der Waals surface area contributed by atoms with Gasteiger partial charge in [0, 0.05) is 26.2 Å². The number of methoxy groups -OCH3 is 1. The van der Waals surface area contributed by atoms with Gasteiger partial charge in [-0.15, -0.1) is 0 Å². The lowest BCUT2D eigenvalue weighted by Crippen LogP contribution is -2.10. The summed E-state index contributed by atoms with van der Waals surface area (Å²) >= 11 is 0. The van der Waals surface area contributed by atoms with E-state index in [1.807, 2.05) is 6.07 Å². The lowest BCUT2D eigenvalue weighted by Gasteiger charge is -2.11. The number of carboxylic acid groups (broad SMARTS) is 1. The topological polar surface area (TPSA) is 95.1 Å². The Morgan fingerprint density at radius 1 is 1.50 bits per heavy atom. The largest absolute Gasteiger partial charge is 0.493 e. The molecule has 0 amide bonds. The minimum absolute atomic E-state index is 0.222. The Hall–Kier alpha value is -2.75. The summed E-state index contributed by atoms with van der Waals surface area (Å²) in [6, 6.07) is 4.93. The van der Waals surface area contributed by atoms with Crippen molar-refractivity contribution in [1.82, 2.24) is 4.90 Å². The molecule has 1 rings (SSSR count). The van der Waals surface area contributed by atoms with E-state index in [-0.39, 0.29) is 11.5 Å². The molecule has 0 spiro atoms. The van der Waals surface area contributed by atoms with Gasteiger partial charge in [-0.25, -0.2) is 9.79 Å². The summed E-state index contributed by atoms with van der Waals surface area (Å²) in [4.78, 5) is 16.4. The van der Waals surface area contributed by atoms with Crippen LogP contribution in [0, 0.1) is 11.3 Å². The Bertz CT molecular complexity index is 561. The van der Waals surface area contributed by atoms with E-state index in [0.717, 1.165) is 0 Å². The van der Waals surface area contributed by atoms with Crippen LogP contribution in [-0.2, 0) is 4.79 Å². The molecule has 1 aromatic carbocycles. The minimum atomic E-state index is -1.10. The summed E-state index contributed by atoms with van der Waals surface area (Å²) in [5.74, 6) is -0.596. The number of aliphatic carboxylic acids is 1. The fourth-order valence-electron chi connectivity index (χ4n) is 1.34. The van der Waals surface area contributed by atoms with Crippen LogP contribution in [0.4, 0.5) is 5.69 Å². The fourth-order valence-corrected chi connectivity index (χ4v) is 1.34. The molecule has 7 nitrogen and oxygen atoms in total. The first kappa shape index (κ1) is 15.3. The molecule has 0 fully saturated rings. The number of rotatable bonds is 6. The first-order valence-electron chi connectivity index (χ1n) is 5.65. The van der Waals surface area contributed by atoms with Crippen LogP contribution >= 0.6 is 0 Å². The highest BCUT2D eigenvalue weighted by atomic mass is 16.5. The zero-order valence-electron chi connectivity index (χ0n) is 11.5. The molecule has 0 aliphatic heterocycles. The van der Waals surface area contributed by atoms with Crippen molar-refractivity contribution in [3.8, 4) is 17.6 Å². The van der Waals surface area contributed by atoms with Crippen molar-refractivity contribution in [2.75, 3.05) is 27.8 Å². The third-order valence-electron chi connectivity index (χ3n) is 2.18. The predicted octanol–water partition coefficient (Wildman–Crippen LogP) is 1.25. The van der Waals surface area contributed by atoms with Crippen molar-refractivity contribution in [2.24, 2.45) is 4.99 Å². The standard InChI is InChI=1S/C13H15N3O4/c1-16(2)8-15-10-5-12(20-7-13(17)18)11(19-3)4-9(10)6-14/h4-5,8H,7H2,1-3H3,(H,17,18)/b15-8+. The molecule has 0 aliphatic carbocycles. The van der Waals surface area contributed by atoms with E-state index in [9.17, 15) is 4.79 Å². The fraction of sp³-hybridized carbons (Fsp3) is 0.308. The number of nitriles is 1. The summed E-state index contributed by atoms with van der Waals surface area (Å²) in [7, 11) is 4.99. The number of carboxylic acids is 1. The molecule has 0 atom stereocenters. The number of nitrogens with zero attached hydrogens (tertiary/aromatic N) is 3. The summed E-state index contributed by atoms with van der Waals surface area (Å²) in [6.07, 6.45) is 1.53. The summed E-state index contributed by atoms with van der Waals surface area (Å²) in [6.45, 7) is -0.501. The van der Waals surface area contributed by atoms with Gasteiger partial charge in [0.1, 0.15) is 6.07 Å². The maximum atomic E-state index is 10.5. The zero-order valence-corrected chi connectivity index (χ0v) is 11.5. The smallest absolute Gasteiger partial charge is 0.341 e. The van der Waals surface area contributed by atoms with Gasteiger partial charge in [-0.3, -0.25) is 0 Å². The maximum Gasteiger partial charge on any atom is 0.341 e. The molecule has 0 aromatic heterocycles. The van der Waals surface area contributed by atoms with Crippen LogP contribution in [0.25, 0.3) is 0 Å². The molecule has 0 heterocycles.